The van der Waals surface area contributed by atoms with Crippen LogP contribution in [0.2, 0.25) is 0 Å². The van der Waals surface area contributed by atoms with Gasteiger partial charge in [-0.1, -0.05) is 30.8 Å². The molecule has 3 amide bonds. The van der Waals surface area contributed by atoms with Crippen molar-refractivity contribution in [1.29, 1.82) is 0 Å². The summed E-state index contributed by atoms with van der Waals surface area (Å²) < 4.78 is 44.6. The molecule has 12 heteroatoms. The predicted octanol–water partition coefficient (Wildman–Crippen LogP) is 4.30. The van der Waals surface area contributed by atoms with E-state index in [0.717, 1.165) is 43.9 Å². The van der Waals surface area contributed by atoms with Gasteiger partial charge < -0.3 is 20.5 Å². The molecular weight excluding hydrogens is 467 g/mol. The molecule has 3 rings (SSSR count). The largest absolute Gasteiger partial charge is 0.416 e. The molecule has 1 heterocycles. The fourth-order valence-electron chi connectivity index (χ4n) is 4.18. The summed E-state index contributed by atoms with van der Waals surface area (Å²) in [4.78, 5) is 40.1. The minimum atomic E-state index is -4.61. The molecule has 1 saturated carbocycles. The van der Waals surface area contributed by atoms with Crippen LogP contribution in [0.1, 0.15) is 76.1 Å². The van der Waals surface area contributed by atoms with Crippen molar-refractivity contribution in [3.8, 4) is 0 Å². The fraction of sp³-hybridized carbons (Fsp3) is 0.522. The summed E-state index contributed by atoms with van der Waals surface area (Å²) in [5.41, 5.74) is -1.81. The second-order valence-electron chi connectivity index (χ2n) is 8.68. The number of hydrogen-bond donors (Lipinski definition) is 3. The van der Waals surface area contributed by atoms with Gasteiger partial charge in [0.15, 0.2) is 5.82 Å². The molecule has 1 aliphatic rings. The first-order valence-corrected chi connectivity index (χ1v) is 11.4. The van der Waals surface area contributed by atoms with Crippen molar-refractivity contribution in [2.75, 3.05) is 10.6 Å². The second kappa shape index (κ2) is 10.9. The van der Waals surface area contributed by atoms with Crippen LogP contribution < -0.4 is 16.0 Å². The molecule has 2 aromatic rings. The average Bonchev–Trinajstić information content (AvgIpc) is 3.12. The van der Waals surface area contributed by atoms with Gasteiger partial charge in [0.2, 0.25) is 23.6 Å². The van der Waals surface area contributed by atoms with Gasteiger partial charge in [0, 0.05) is 26.7 Å². The fourth-order valence-corrected chi connectivity index (χ4v) is 4.18. The molecule has 3 N–H and O–H groups in total. The number of alkyl halides is 3. The number of nitrogens with zero attached hydrogens (tertiary/aromatic N) is 2. The number of amides is 3. The van der Waals surface area contributed by atoms with Crippen molar-refractivity contribution >= 4 is 29.1 Å². The Hall–Kier alpha value is -3.44. The third-order valence-electron chi connectivity index (χ3n) is 5.77. The first kappa shape index (κ1) is 26.2. The van der Waals surface area contributed by atoms with Gasteiger partial charge in [-0.15, -0.1) is 0 Å². The van der Waals surface area contributed by atoms with E-state index in [2.05, 4.69) is 26.1 Å². The maximum absolute atomic E-state index is 13.1. The standard InChI is InChI=1S/C23H28F3N5O4/c1-14(32)27-17-8-7-16(23(24,25)26)13-18(17)28-19(34)9-10-20-29-21(31-35-20)22(30-15(2)33)11-5-3-4-6-12-22/h7-8,13H,3-6,9-12H2,1-2H3,(H,27,32)(H,28,34)(H,30,33). The lowest BCUT2D eigenvalue weighted by atomic mass is 9.89. The Morgan fingerprint density at radius 2 is 1.69 bits per heavy atom. The third-order valence-corrected chi connectivity index (χ3v) is 5.77. The van der Waals surface area contributed by atoms with Crippen LogP contribution in [0.3, 0.4) is 0 Å². The Morgan fingerprint density at radius 1 is 1.00 bits per heavy atom. The number of hydrogen-bond acceptors (Lipinski definition) is 6. The molecule has 0 radical (unpaired) electrons. The Bertz CT molecular complexity index is 1080. The zero-order valence-electron chi connectivity index (χ0n) is 19.6. The van der Waals surface area contributed by atoms with Gasteiger partial charge in [-0.2, -0.15) is 18.2 Å². The molecule has 0 aliphatic heterocycles. The highest BCUT2D eigenvalue weighted by Crippen LogP contribution is 2.35. The number of halogens is 3. The maximum atomic E-state index is 13.1. The number of carbonyl (C=O) groups excluding carboxylic acids is 3. The molecule has 0 spiro atoms. The first-order valence-electron chi connectivity index (χ1n) is 11.4. The van der Waals surface area contributed by atoms with Gasteiger partial charge in [0.25, 0.3) is 0 Å². The lowest BCUT2D eigenvalue weighted by Gasteiger charge is -2.30. The van der Waals surface area contributed by atoms with E-state index < -0.39 is 29.1 Å². The maximum Gasteiger partial charge on any atom is 0.416 e. The van der Waals surface area contributed by atoms with E-state index in [-0.39, 0.29) is 36.0 Å². The molecule has 1 fully saturated rings. The molecule has 0 bridgehead atoms. The number of nitrogens with one attached hydrogen (secondary N) is 3. The quantitative estimate of drug-likeness (QED) is 0.492. The molecule has 9 nitrogen and oxygen atoms in total. The van der Waals surface area contributed by atoms with E-state index >= 15 is 0 Å². The normalized spacial score (nSPS) is 15.7. The number of aryl methyl sites for hydroxylation is 1. The van der Waals surface area contributed by atoms with Crippen LogP contribution in [0.15, 0.2) is 22.7 Å². The molecule has 1 aromatic heterocycles. The molecule has 1 aromatic carbocycles. The minimum absolute atomic E-state index is 0.0451. The van der Waals surface area contributed by atoms with Crippen LogP contribution in [-0.2, 0) is 32.5 Å². The molecule has 0 atom stereocenters. The van der Waals surface area contributed by atoms with Crippen LogP contribution in [-0.4, -0.2) is 27.9 Å². The Morgan fingerprint density at radius 3 is 2.29 bits per heavy atom. The van der Waals surface area contributed by atoms with Crippen LogP contribution in [0, 0.1) is 0 Å². The van der Waals surface area contributed by atoms with E-state index in [4.69, 9.17) is 4.52 Å². The third kappa shape index (κ3) is 7.03. The van der Waals surface area contributed by atoms with Gasteiger partial charge in [-0.25, -0.2) is 0 Å². The number of benzene rings is 1. The zero-order valence-corrected chi connectivity index (χ0v) is 19.6. The summed E-state index contributed by atoms with van der Waals surface area (Å²) in [5.74, 6) is -0.758. The summed E-state index contributed by atoms with van der Waals surface area (Å²) >= 11 is 0. The summed E-state index contributed by atoms with van der Waals surface area (Å²) in [6.07, 6.45) is 0.524. The van der Waals surface area contributed by atoms with Crippen LogP contribution in [0.4, 0.5) is 24.5 Å². The number of anilines is 2. The Balaban J connectivity index is 1.70. The van der Waals surface area contributed by atoms with E-state index in [9.17, 15) is 27.6 Å². The van der Waals surface area contributed by atoms with Crippen LogP contribution >= 0.6 is 0 Å². The van der Waals surface area contributed by atoms with E-state index in [0.29, 0.717) is 18.7 Å². The molecule has 0 unspecified atom stereocenters. The molecule has 1 aliphatic carbocycles. The van der Waals surface area contributed by atoms with Crippen molar-refractivity contribution in [2.24, 2.45) is 0 Å². The summed E-state index contributed by atoms with van der Waals surface area (Å²) in [6.45, 7) is 2.64. The molecular formula is C23H28F3N5O4. The van der Waals surface area contributed by atoms with Gasteiger partial charge in [-0.05, 0) is 31.0 Å². The summed E-state index contributed by atoms with van der Waals surface area (Å²) in [7, 11) is 0. The zero-order chi connectivity index (χ0) is 25.6. The monoisotopic (exact) mass is 495 g/mol. The molecule has 0 saturated heterocycles. The van der Waals surface area contributed by atoms with E-state index in [1.54, 1.807) is 0 Å². The predicted molar refractivity (Wildman–Crippen MR) is 120 cm³/mol. The highest BCUT2D eigenvalue weighted by molar-refractivity contribution is 5.99. The topological polar surface area (TPSA) is 126 Å². The lowest BCUT2D eigenvalue weighted by molar-refractivity contribution is -0.137. The SMILES string of the molecule is CC(=O)Nc1ccc(C(F)(F)F)cc1NC(=O)CCc1nc(C2(NC(C)=O)CCCCCC2)no1. The van der Waals surface area contributed by atoms with Crippen molar-refractivity contribution in [1.82, 2.24) is 15.5 Å². The highest BCUT2D eigenvalue weighted by Gasteiger charge is 2.38. The number of carbonyl (C=O) groups is 3. The molecule has 35 heavy (non-hydrogen) atoms. The van der Waals surface area contributed by atoms with Gasteiger partial charge >= 0.3 is 6.18 Å². The first-order chi connectivity index (χ1) is 16.5. The average molecular weight is 496 g/mol. The van der Waals surface area contributed by atoms with Crippen molar-refractivity contribution < 1.29 is 32.1 Å². The van der Waals surface area contributed by atoms with Crippen molar-refractivity contribution in [3.05, 3.63) is 35.5 Å². The number of rotatable bonds is 7. The lowest BCUT2D eigenvalue weighted by Crippen LogP contribution is -2.45. The smallest absolute Gasteiger partial charge is 0.343 e. The van der Waals surface area contributed by atoms with E-state index in [1.807, 2.05) is 0 Å². The summed E-state index contributed by atoms with van der Waals surface area (Å²) in [5, 5.41) is 11.8. The van der Waals surface area contributed by atoms with Crippen LogP contribution in [0.5, 0.6) is 0 Å². The van der Waals surface area contributed by atoms with Gasteiger partial charge in [0.1, 0.15) is 5.54 Å². The van der Waals surface area contributed by atoms with Crippen molar-refractivity contribution in [2.45, 2.75) is 76.9 Å². The van der Waals surface area contributed by atoms with Crippen LogP contribution in [0.25, 0.3) is 0 Å². The molecule has 190 valence electrons. The van der Waals surface area contributed by atoms with Gasteiger partial charge in [-0.3, -0.25) is 14.4 Å². The van der Waals surface area contributed by atoms with E-state index in [1.165, 1.54) is 13.8 Å². The number of aromatic nitrogens is 2. The second-order valence-corrected chi connectivity index (χ2v) is 8.68. The highest BCUT2D eigenvalue weighted by atomic mass is 19.4. The van der Waals surface area contributed by atoms with Crippen molar-refractivity contribution in [3.63, 3.8) is 0 Å². The Kier molecular flexibility index (Phi) is 8.13. The minimum Gasteiger partial charge on any atom is -0.343 e. The van der Waals surface area contributed by atoms with Gasteiger partial charge in [0.05, 0.1) is 16.9 Å². The Labute approximate surface area is 200 Å². The summed E-state index contributed by atoms with van der Waals surface area (Å²) in [6, 6.07) is 2.66.